The van der Waals surface area contributed by atoms with Crippen molar-refractivity contribution in [3.63, 3.8) is 0 Å². The monoisotopic (exact) mass is 594 g/mol. The second-order valence-electron chi connectivity index (χ2n) is 11.1. The number of ether oxygens (including phenoxy) is 2. The molecule has 10 nitrogen and oxygen atoms in total. The zero-order chi connectivity index (χ0) is 30.1. The molecular weight excluding hydrogens is 556 g/mol. The standard InChI is InChI=1S/C34H38N6O4/c41-24-26-10-12-27(13-11-26)31-21-30(23-39-16-18-40(19-17-39)33-35-14-5-15-36-33)43-32(44-31)28-8-4-9-29(20-28)38-34(42)37-22-25-6-2-1-3-7-25/h1-15,20,30-32,41H,16-19,21-24H2,(H2,37,38,42). The van der Waals surface area contributed by atoms with Crippen LogP contribution < -0.4 is 15.5 Å². The summed E-state index contributed by atoms with van der Waals surface area (Å²) in [4.78, 5) is 26.1. The number of carbonyl (C=O) groups excluding carboxylic acids is 1. The Kier molecular flexibility index (Phi) is 9.73. The number of aromatic nitrogens is 2. The van der Waals surface area contributed by atoms with Gasteiger partial charge in [-0.1, -0.05) is 66.7 Å². The lowest BCUT2D eigenvalue weighted by molar-refractivity contribution is -0.253. The minimum Gasteiger partial charge on any atom is -0.392 e. The maximum atomic E-state index is 12.6. The molecular formula is C34H38N6O4. The van der Waals surface area contributed by atoms with E-state index in [1.807, 2.05) is 84.9 Å². The van der Waals surface area contributed by atoms with Crippen LogP contribution in [0.4, 0.5) is 16.4 Å². The molecule has 10 heteroatoms. The van der Waals surface area contributed by atoms with E-state index in [0.29, 0.717) is 18.7 Å². The molecule has 2 amide bonds. The summed E-state index contributed by atoms with van der Waals surface area (Å²) in [5.41, 5.74) is 4.42. The third kappa shape index (κ3) is 7.78. The van der Waals surface area contributed by atoms with Gasteiger partial charge in [-0.3, -0.25) is 4.90 Å². The molecule has 3 unspecified atom stereocenters. The summed E-state index contributed by atoms with van der Waals surface area (Å²) in [6, 6.07) is 26.9. The van der Waals surface area contributed by atoms with E-state index in [0.717, 1.165) is 60.9 Å². The Hall–Kier alpha value is -4.35. The van der Waals surface area contributed by atoms with Crippen molar-refractivity contribution in [1.29, 1.82) is 0 Å². The highest BCUT2D eigenvalue weighted by molar-refractivity contribution is 5.89. The van der Waals surface area contributed by atoms with Crippen LogP contribution in [0.2, 0.25) is 0 Å². The smallest absolute Gasteiger partial charge is 0.319 e. The molecule has 3 atom stereocenters. The molecule has 0 aliphatic carbocycles. The van der Waals surface area contributed by atoms with Gasteiger partial charge in [-0.25, -0.2) is 14.8 Å². The van der Waals surface area contributed by atoms with E-state index in [9.17, 15) is 9.90 Å². The third-order valence-corrected chi connectivity index (χ3v) is 8.00. The zero-order valence-electron chi connectivity index (χ0n) is 24.6. The Bertz CT molecular complexity index is 1480. The molecule has 3 heterocycles. The number of carbonyl (C=O) groups is 1. The van der Waals surface area contributed by atoms with Gasteiger partial charge in [0, 0.05) is 69.3 Å². The Labute approximate surface area is 257 Å². The van der Waals surface area contributed by atoms with Crippen LogP contribution in [0.3, 0.4) is 0 Å². The third-order valence-electron chi connectivity index (χ3n) is 8.00. The van der Waals surface area contributed by atoms with Crippen LogP contribution in [0, 0.1) is 0 Å². The van der Waals surface area contributed by atoms with Gasteiger partial charge in [-0.05, 0) is 34.9 Å². The fourth-order valence-electron chi connectivity index (χ4n) is 5.62. The van der Waals surface area contributed by atoms with Crippen LogP contribution in [0.15, 0.2) is 97.3 Å². The maximum Gasteiger partial charge on any atom is 0.319 e. The summed E-state index contributed by atoms with van der Waals surface area (Å²) in [6.07, 6.45) is 3.40. The summed E-state index contributed by atoms with van der Waals surface area (Å²) < 4.78 is 13.1. The number of urea groups is 1. The normalized spacial score (nSPS) is 20.7. The minimum absolute atomic E-state index is 0.00111. The lowest BCUT2D eigenvalue weighted by Gasteiger charge is -2.40. The first-order chi connectivity index (χ1) is 21.6. The number of aliphatic hydroxyl groups excluding tert-OH is 1. The molecule has 0 radical (unpaired) electrons. The highest BCUT2D eigenvalue weighted by atomic mass is 16.7. The van der Waals surface area contributed by atoms with Crippen molar-refractivity contribution in [2.75, 3.05) is 42.9 Å². The summed E-state index contributed by atoms with van der Waals surface area (Å²) in [7, 11) is 0. The molecule has 228 valence electrons. The lowest BCUT2D eigenvalue weighted by Crippen LogP contribution is -2.50. The molecule has 0 bridgehead atoms. The van der Waals surface area contributed by atoms with E-state index >= 15 is 0 Å². The summed E-state index contributed by atoms with van der Waals surface area (Å²) in [5.74, 6) is 0.767. The summed E-state index contributed by atoms with van der Waals surface area (Å²) >= 11 is 0. The van der Waals surface area contributed by atoms with Crippen LogP contribution in [-0.4, -0.2) is 64.8 Å². The topological polar surface area (TPSA) is 112 Å². The molecule has 2 fully saturated rings. The number of benzene rings is 3. The number of hydrogen-bond acceptors (Lipinski definition) is 8. The fraction of sp³-hybridized carbons (Fsp3) is 0.324. The van der Waals surface area contributed by atoms with Crippen molar-refractivity contribution in [1.82, 2.24) is 20.2 Å². The van der Waals surface area contributed by atoms with Crippen LogP contribution in [0.1, 0.15) is 41.1 Å². The molecule has 3 aromatic carbocycles. The van der Waals surface area contributed by atoms with Crippen LogP contribution in [-0.2, 0) is 22.6 Å². The molecule has 0 spiro atoms. The predicted molar refractivity (Wildman–Crippen MR) is 168 cm³/mol. The number of nitrogens with zero attached hydrogens (tertiary/aromatic N) is 4. The molecule has 2 aliphatic rings. The number of aliphatic hydroxyl groups is 1. The lowest BCUT2D eigenvalue weighted by atomic mass is 9.99. The largest absolute Gasteiger partial charge is 0.392 e. The highest BCUT2D eigenvalue weighted by Gasteiger charge is 2.34. The molecule has 4 aromatic rings. The average Bonchev–Trinajstić information content (AvgIpc) is 3.08. The van der Waals surface area contributed by atoms with Gasteiger partial charge in [0.1, 0.15) is 0 Å². The van der Waals surface area contributed by atoms with Gasteiger partial charge in [0.25, 0.3) is 0 Å². The van der Waals surface area contributed by atoms with Gasteiger partial charge < -0.3 is 30.1 Å². The number of anilines is 2. The number of piperazine rings is 1. The van der Waals surface area contributed by atoms with Crippen molar-refractivity contribution in [3.8, 4) is 0 Å². The van der Waals surface area contributed by atoms with E-state index in [-0.39, 0.29) is 24.8 Å². The first kappa shape index (κ1) is 29.7. The highest BCUT2D eigenvalue weighted by Crippen LogP contribution is 2.38. The minimum atomic E-state index is -0.607. The molecule has 2 aliphatic heterocycles. The van der Waals surface area contributed by atoms with E-state index in [4.69, 9.17) is 9.47 Å². The van der Waals surface area contributed by atoms with Crippen molar-refractivity contribution in [2.45, 2.75) is 38.1 Å². The van der Waals surface area contributed by atoms with E-state index in [1.165, 1.54) is 0 Å². The average molecular weight is 595 g/mol. The van der Waals surface area contributed by atoms with Crippen LogP contribution in [0.25, 0.3) is 0 Å². The number of amides is 2. The van der Waals surface area contributed by atoms with Gasteiger partial charge >= 0.3 is 6.03 Å². The number of hydrogen-bond donors (Lipinski definition) is 3. The first-order valence-corrected chi connectivity index (χ1v) is 15.1. The molecule has 0 saturated carbocycles. The van der Waals surface area contributed by atoms with Gasteiger partial charge in [-0.2, -0.15) is 0 Å². The zero-order valence-corrected chi connectivity index (χ0v) is 24.6. The van der Waals surface area contributed by atoms with E-state index < -0.39 is 6.29 Å². The van der Waals surface area contributed by atoms with Crippen molar-refractivity contribution >= 4 is 17.7 Å². The first-order valence-electron chi connectivity index (χ1n) is 15.1. The fourth-order valence-corrected chi connectivity index (χ4v) is 5.62. The van der Waals surface area contributed by atoms with Crippen molar-refractivity contribution < 1.29 is 19.4 Å². The second kappa shape index (κ2) is 14.4. The Morgan fingerprint density at radius 1 is 0.841 bits per heavy atom. The van der Waals surface area contributed by atoms with Gasteiger partial charge in [0.15, 0.2) is 6.29 Å². The number of rotatable bonds is 9. The van der Waals surface area contributed by atoms with Gasteiger partial charge in [0.05, 0.1) is 18.8 Å². The Morgan fingerprint density at radius 3 is 2.36 bits per heavy atom. The van der Waals surface area contributed by atoms with Gasteiger partial charge in [-0.15, -0.1) is 0 Å². The Balaban J connectivity index is 1.13. The maximum absolute atomic E-state index is 12.6. The second-order valence-corrected chi connectivity index (χ2v) is 11.1. The number of nitrogens with one attached hydrogen (secondary N) is 2. The van der Waals surface area contributed by atoms with E-state index in [2.05, 4.69) is 30.4 Å². The molecule has 6 rings (SSSR count). The summed E-state index contributed by atoms with van der Waals surface area (Å²) in [5, 5.41) is 15.4. The summed E-state index contributed by atoms with van der Waals surface area (Å²) in [6.45, 7) is 4.68. The van der Waals surface area contributed by atoms with Crippen molar-refractivity contribution in [3.05, 3.63) is 120 Å². The van der Waals surface area contributed by atoms with Crippen molar-refractivity contribution in [2.24, 2.45) is 0 Å². The predicted octanol–water partition coefficient (Wildman–Crippen LogP) is 4.66. The quantitative estimate of drug-likeness (QED) is 0.257. The Morgan fingerprint density at radius 2 is 1.61 bits per heavy atom. The van der Waals surface area contributed by atoms with Crippen LogP contribution in [0.5, 0.6) is 0 Å². The SMILES string of the molecule is O=C(NCc1ccccc1)Nc1cccc(C2OC(CN3CCN(c4ncccn4)CC3)CC(c3ccc(CO)cc3)O2)c1. The molecule has 1 aromatic heterocycles. The molecule has 3 N–H and O–H groups in total. The van der Waals surface area contributed by atoms with E-state index in [1.54, 1.807) is 12.4 Å². The molecule has 44 heavy (non-hydrogen) atoms. The van der Waals surface area contributed by atoms with Crippen LogP contribution >= 0.6 is 0 Å². The van der Waals surface area contributed by atoms with Gasteiger partial charge in [0.2, 0.25) is 5.95 Å². The molecule has 2 saturated heterocycles.